The smallest absolute Gasteiger partial charge is 0.295 e. The second-order valence-corrected chi connectivity index (χ2v) is 8.28. The third kappa shape index (κ3) is 3.30. The lowest BCUT2D eigenvalue weighted by atomic mass is 9.92. The van der Waals surface area contributed by atoms with E-state index < -0.39 is 17.7 Å². The summed E-state index contributed by atoms with van der Waals surface area (Å²) < 4.78 is 0. The predicted molar refractivity (Wildman–Crippen MR) is 119 cm³/mol. The van der Waals surface area contributed by atoms with Gasteiger partial charge in [-0.3, -0.25) is 14.6 Å². The molecule has 2 heterocycles. The molecule has 1 saturated heterocycles. The molecule has 1 amide bonds. The number of aromatic nitrogens is 1. The third-order valence-corrected chi connectivity index (χ3v) is 6.46. The fourth-order valence-electron chi connectivity index (χ4n) is 4.99. The number of carbonyl (C=O) groups is 2. The molecule has 2 fully saturated rings. The van der Waals surface area contributed by atoms with Crippen molar-refractivity contribution in [2.75, 3.05) is 0 Å². The number of pyridine rings is 1. The van der Waals surface area contributed by atoms with Crippen molar-refractivity contribution in [2.45, 2.75) is 44.2 Å². The van der Waals surface area contributed by atoms with Gasteiger partial charge < -0.3 is 10.0 Å². The van der Waals surface area contributed by atoms with Gasteiger partial charge in [0.1, 0.15) is 11.8 Å². The van der Waals surface area contributed by atoms with E-state index in [1.54, 1.807) is 23.2 Å². The first kappa shape index (κ1) is 19.5. The molecule has 1 unspecified atom stereocenters. The quantitative estimate of drug-likeness (QED) is 0.374. The Kier molecular flexibility index (Phi) is 5.02. The van der Waals surface area contributed by atoms with Crippen molar-refractivity contribution in [1.29, 1.82) is 0 Å². The van der Waals surface area contributed by atoms with Crippen molar-refractivity contribution < 1.29 is 14.7 Å². The molecule has 1 aliphatic heterocycles. The molecular weight excluding hydrogens is 388 g/mol. The van der Waals surface area contributed by atoms with Crippen LogP contribution >= 0.6 is 0 Å². The molecule has 5 rings (SSSR count). The van der Waals surface area contributed by atoms with Crippen molar-refractivity contribution in [3.63, 3.8) is 0 Å². The molecule has 156 valence electrons. The Morgan fingerprint density at radius 1 is 0.903 bits per heavy atom. The second kappa shape index (κ2) is 7.99. The maximum atomic E-state index is 13.3. The first-order chi connectivity index (χ1) is 15.2. The van der Waals surface area contributed by atoms with Crippen LogP contribution in [0.25, 0.3) is 16.5 Å². The minimum absolute atomic E-state index is 0.0185. The lowest BCUT2D eigenvalue weighted by Crippen LogP contribution is -2.40. The molecule has 1 atom stereocenters. The number of hydrogen-bond donors (Lipinski definition) is 1. The van der Waals surface area contributed by atoms with Gasteiger partial charge in [0.25, 0.3) is 11.7 Å². The standard InChI is InChI=1S/C26H24N2O3/c29-24(20-14-8-10-17-9-4-5-13-19(17)20)22-23(21-15-6-7-16-27-21)28(26(31)25(22)30)18-11-2-1-3-12-18/h4-10,13-16,18,23,29H,1-3,11-12H2/b24-22-. The van der Waals surface area contributed by atoms with Crippen molar-refractivity contribution in [3.8, 4) is 0 Å². The number of aliphatic hydroxyl groups is 1. The molecule has 2 aliphatic rings. The van der Waals surface area contributed by atoms with E-state index in [2.05, 4.69) is 4.98 Å². The largest absolute Gasteiger partial charge is 0.507 e. The molecule has 5 heteroatoms. The summed E-state index contributed by atoms with van der Waals surface area (Å²) in [5, 5.41) is 13.2. The molecule has 31 heavy (non-hydrogen) atoms. The predicted octanol–water partition coefficient (Wildman–Crippen LogP) is 4.99. The zero-order chi connectivity index (χ0) is 21.4. The summed E-state index contributed by atoms with van der Waals surface area (Å²) in [6.45, 7) is 0. The van der Waals surface area contributed by atoms with Crippen LogP contribution in [-0.2, 0) is 9.59 Å². The Bertz CT molecular complexity index is 1170. The van der Waals surface area contributed by atoms with E-state index in [-0.39, 0.29) is 17.4 Å². The van der Waals surface area contributed by atoms with Crippen LogP contribution in [0.4, 0.5) is 0 Å². The maximum absolute atomic E-state index is 13.3. The molecule has 3 aromatic rings. The van der Waals surface area contributed by atoms with Gasteiger partial charge in [-0.25, -0.2) is 0 Å². The van der Waals surface area contributed by atoms with Crippen LogP contribution < -0.4 is 0 Å². The summed E-state index contributed by atoms with van der Waals surface area (Å²) >= 11 is 0. The van der Waals surface area contributed by atoms with Gasteiger partial charge in [0.05, 0.1) is 11.3 Å². The highest BCUT2D eigenvalue weighted by Gasteiger charge is 2.49. The zero-order valence-electron chi connectivity index (χ0n) is 17.2. The molecule has 2 aromatic carbocycles. The van der Waals surface area contributed by atoms with E-state index in [1.807, 2.05) is 48.5 Å². The van der Waals surface area contributed by atoms with Gasteiger partial charge in [0.15, 0.2) is 0 Å². The molecule has 1 saturated carbocycles. The summed E-state index contributed by atoms with van der Waals surface area (Å²) in [4.78, 5) is 32.6. The monoisotopic (exact) mass is 412 g/mol. The number of fused-ring (bicyclic) bond motifs is 1. The number of nitrogens with zero attached hydrogens (tertiary/aromatic N) is 2. The van der Waals surface area contributed by atoms with Crippen molar-refractivity contribution >= 4 is 28.2 Å². The molecule has 0 radical (unpaired) electrons. The van der Waals surface area contributed by atoms with Gasteiger partial charge >= 0.3 is 0 Å². The first-order valence-electron chi connectivity index (χ1n) is 10.9. The Morgan fingerprint density at radius 2 is 1.65 bits per heavy atom. The summed E-state index contributed by atoms with van der Waals surface area (Å²) in [5.41, 5.74) is 1.29. The molecule has 5 nitrogen and oxygen atoms in total. The number of ketones is 1. The average Bonchev–Trinajstić information content (AvgIpc) is 3.10. The lowest BCUT2D eigenvalue weighted by molar-refractivity contribution is -0.141. The van der Waals surface area contributed by atoms with E-state index in [1.165, 1.54) is 0 Å². The minimum Gasteiger partial charge on any atom is -0.507 e. The highest BCUT2D eigenvalue weighted by molar-refractivity contribution is 6.46. The average molecular weight is 412 g/mol. The molecule has 1 aromatic heterocycles. The van der Waals surface area contributed by atoms with Crippen LogP contribution in [-0.4, -0.2) is 32.7 Å². The summed E-state index contributed by atoms with van der Waals surface area (Å²) in [6.07, 6.45) is 6.60. The van der Waals surface area contributed by atoms with Crippen LogP contribution in [0, 0.1) is 0 Å². The topological polar surface area (TPSA) is 70.5 Å². The first-order valence-corrected chi connectivity index (χ1v) is 10.9. The Balaban J connectivity index is 1.71. The fourth-order valence-corrected chi connectivity index (χ4v) is 4.99. The number of aliphatic hydroxyl groups excluding tert-OH is 1. The van der Waals surface area contributed by atoms with Gasteiger partial charge in [-0.1, -0.05) is 67.8 Å². The van der Waals surface area contributed by atoms with Gasteiger partial charge in [-0.2, -0.15) is 0 Å². The van der Waals surface area contributed by atoms with Gasteiger partial charge in [-0.05, 0) is 35.7 Å². The maximum Gasteiger partial charge on any atom is 0.295 e. The second-order valence-electron chi connectivity index (χ2n) is 8.28. The van der Waals surface area contributed by atoms with Gasteiger partial charge in [0, 0.05) is 17.8 Å². The number of rotatable bonds is 3. The molecule has 0 bridgehead atoms. The number of likely N-dealkylation sites (tertiary alicyclic amines) is 1. The Hall–Kier alpha value is -3.47. The van der Waals surface area contributed by atoms with Gasteiger partial charge in [0.2, 0.25) is 0 Å². The highest BCUT2D eigenvalue weighted by atomic mass is 16.3. The normalized spacial score (nSPS) is 21.7. The van der Waals surface area contributed by atoms with E-state index >= 15 is 0 Å². The van der Waals surface area contributed by atoms with Crippen molar-refractivity contribution in [3.05, 3.63) is 83.7 Å². The number of carbonyl (C=O) groups excluding carboxylic acids is 2. The van der Waals surface area contributed by atoms with Crippen LogP contribution in [0.2, 0.25) is 0 Å². The number of amides is 1. The van der Waals surface area contributed by atoms with Crippen LogP contribution in [0.5, 0.6) is 0 Å². The molecule has 1 N–H and O–H groups in total. The lowest BCUT2D eigenvalue weighted by Gasteiger charge is -2.35. The third-order valence-electron chi connectivity index (χ3n) is 6.46. The van der Waals surface area contributed by atoms with E-state index in [0.717, 1.165) is 42.9 Å². The van der Waals surface area contributed by atoms with Crippen molar-refractivity contribution in [2.24, 2.45) is 0 Å². The van der Waals surface area contributed by atoms with Crippen LogP contribution in [0.15, 0.2) is 72.4 Å². The van der Waals surface area contributed by atoms with Gasteiger partial charge in [-0.15, -0.1) is 0 Å². The van der Waals surface area contributed by atoms with E-state index in [0.29, 0.717) is 11.3 Å². The summed E-state index contributed by atoms with van der Waals surface area (Å²) in [6, 6.07) is 18.1. The summed E-state index contributed by atoms with van der Waals surface area (Å²) in [7, 11) is 0. The highest BCUT2D eigenvalue weighted by Crippen LogP contribution is 2.43. The molecular formula is C26H24N2O3. The minimum atomic E-state index is -0.678. The number of hydrogen-bond acceptors (Lipinski definition) is 4. The van der Waals surface area contributed by atoms with E-state index in [9.17, 15) is 14.7 Å². The molecule has 0 spiro atoms. The summed E-state index contributed by atoms with van der Waals surface area (Å²) in [5.74, 6) is -1.31. The Morgan fingerprint density at radius 3 is 2.42 bits per heavy atom. The fraction of sp³-hybridized carbons (Fsp3) is 0.269. The number of Topliss-reactive ketones (excluding diaryl/α,β-unsaturated/α-hetero) is 1. The molecule has 1 aliphatic carbocycles. The van der Waals surface area contributed by atoms with Crippen LogP contribution in [0.3, 0.4) is 0 Å². The zero-order valence-corrected chi connectivity index (χ0v) is 17.2. The number of benzene rings is 2. The SMILES string of the molecule is O=C1C(=O)N(C2CCCCC2)C(c2ccccn2)/C1=C(/O)c1cccc2ccccc12. The van der Waals surface area contributed by atoms with E-state index in [4.69, 9.17) is 0 Å². The Labute approximate surface area is 181 Å². The van der Waals surface area contributed by atoms with Crippen molar-refractivity contribution in [1.82, 2.24) is 9.88 Å². The van der Waals surface area contributed by atoms with Crippen LogP contribution in [0.1, 0.15) is 49.4 Å².